The molecule has 0 aromatic heterocycles. The minimum absolute atomic E-state index is 0.0272. The zero-order valence-electron chi connectivity index (χ0n) is 9.03. The van der Waals surface area contributed by atoms with Gasteiger partial charge in [-0.1, -0.05) is 12.1 Å². The summed E-state index contributed by atoms with van der Waals surface area (Å²) in [6, 6.07) is 4.75. The summed E-state index contributed by atoms with van der Waals surface area (Å²) in [6.45, 7) is 1.25. The highest BCUT2D eigenvalue weighted by molar-refractivity contribution is 6.08. The van der Waals surface area contributed by atoms with Gasteiger partial charge >= 0.3 is 0 Å². The highest BCUT2D eigenvalue weighted by Gasteiger charge is 2.35. The van der Waals surface area contributed by atoms with Gasteiger partial charge in [0.2, 0.25) is 0 Å². The van der Waals surface area contributed by atoms with E-state index in [1.54, 1.807) is 6.07 Å². The number of ketones is 1. The van der Waals surface area contributed by atoms with Crippen molar-refractivity contribution in [1.82, 2.24) is 5.32 Å². The van der Waals surface area contributed by atoms with E-state index in [0.717, 1.165) is 0 Å². The molecule has 1 heterocycles. The fourth-order valence-electron chi connectivity index (χ4n) is 1.84. The molecular weight excluding hydrogens is 225 g/mol. The zero-order chi connectivity index (χ0) is 12.6. The van der Waals surface area contributed by atoms with Gasteiger partial charge in [-0.2, -0.15) is 0 Å². The van der Waals surface area contributed by atoms with Crippen molar-refractivity contribution in [3.8, 4) is 0 Å². The van der Waals surface area contributed by atoms with Crippen molar-refractivity contribution in [3.63, 3.8) is 0 Å². The minimum Gasteiger partial charge on any atom is -0.503 e. The summed E-state index contributed by atoms with van der Waals surface area (Å²) in [5.41, 5.74) is 0.396. The van der Waals surface area contributed by atoms with E-state index in [2.05, 4.69) is 5.32 Å². The molecule has 1 atom stereocenters. The molecule has 0 saturated heterocycles. The van der Waals surface area contributed by atoms with E-state index in [1.165, 1.54) is 25.1 Å². The topological polar surface area (TPSA) is 66.4 Å². The smallest absolute Gasteiger partial charge is 0.287 e. The van der Waals surface area contributed by atoms with E-state index in [-0.39, 0.29) is 5.57 Å². The van der Waals surface area contributed by atoms with Gasteiger partial charge in [-0.05, 0) is 24.6 Å². The molecule has 88 valence electrons. The van der Waals surface area contributed by atoms with Crippen LogP contribution in [0.25, 0.3) is 0 Å². The van der Waals surface area contributed by atoms with Gasteiger partial charge in [0.25, 0.3) is 5.91 Å². The summed E-state index contributed by atoms with van der Waals surface area (Å²) in [4.78, 5) is 22.7. The molecule has 0 radical (unpaired) electrons. The van der Waals surface area contributed by atoms with Gasteiger partial charge in [0.1, 0.15) is 5.82 Å². The molecule has 2 N–H and O–H groups in total. The summed E-state index contributed by atoms with van der Waals surface area (Å²) in [7, 11) is 0. The van der Waals surface area contributed by atoms with Crippen molar-refractivity contribution < 1.29 is 19.1 Å². The summed E-state index contributed by atoms with van der Waals surface area (Å²) in [5, 5.41) is 11.9. The highest BCUT2D eigenvalue weighted by atomic mass is 19.1. The van der Waals surface area contributed by atoms with Crippen molar-refractivity contribution in [2.75, 3.05) is 0 Å². The van der Waals surface area contributed by atoms with Crippen LogP contribution in [0.3, 0.4) is 0 Å². The van der Waals surface area contributed by atoms with Crippen LogP contribution in [0.5, 0.6) is 0 Å². The summed E-state index contributed by atoms with van der Waals surface area (Å²) < 4.78 is 13.1. The summed E-state index contributed by atoms with van der Waals surface area (Å²) >= 11 is 0. The van der Waals surface area contributed by atoms with Crippen molar-refractivity contribution in [1.29, 1.82) is 0 Å². The van der Waals surface area contributed by atoms with Gasteiger partial charge < -0.3 is 10.4 Å². The van der Waals surface area contributed by atoms with Gasteiger partial charge in [-0.15, -0.1) is 0 Å². The number of amides is 1. The molecule has 0 unspecified atom stereocenters. The van der Waals surface area contributed by atoms with E-state index < -0.39 is 29.3 Å². The molecule has 1 aromatic rings. The highest BCUT2D eigenvalue weighted by Crippen LogP contribution is 2.29. The van der Waals surface area contributed by atoms with E-state index in [1.807, 2.05) is 0 Å². The normalized spacial score (nSPS) is 19.4. The lowest BCUT2D eigenvalue weighted by atomic mass is 9.98. The Morgan fingerprint density at radius 3 is 2.76 bits per heavy atom. The standard InChI is InChI=1S/C12H10FNO3/c1-6(15)9-10(14-12(17)11(9)16)7-3-2-4-8(13)5-7/h2-5,10,16H,1H3,(H,14,17)/t10-/m1/s1. The number of hydrogen-bond acceptors (Lipinski definition) is 3. The minimum atomic E-state index is -0.782. The Bertz CT molecular complexity index is 536. The Morgan fingerprint density at radius 2 is 2.18 bits per heavy atom. The number of carbonyl (C=O) groups excluding carboxylic acids is 2. The maximum Gasteiger partial charge on any atom is 0.287 e. The van der Waals surface area contributed by atoms with Gasteiger partial charge in [0.15, 0.2) is 11.5 Å². The first-order valence-corrected chi connectivity index (χ1v) is 5.01. The van der Waals surface area contributed by atoms with Crippen LogP contribution in [0.4, 0.5) is 4.39 Å². The van der Waals surface area contributed by atoms with Crippen LogP contribution in [0.15, 0.2) is 35.6 Å². The van der Waals surface area contributed by atoms with Crippen LogP contribution in [0, 0.1) is 5.82 Å². The van der Waals surface area contributed by atoms with E-state index in [9.17, 15) is 19.1 Å². The average molecular weight is 235 g/mol. The Morgan fingerprint density at radius 1 is 1.47 bits per heavy atom. The lowest BCUT2D eigenvalue weighted by molar-refractivity contribution is -0.119. The Labute approximate surface area is 96.8 Å². The molecule has 2 rings (SSSR count). The third kappa shape index (κ3) is 1.91. The second-order valence-corrected chi connectivity index (χ2v) is 3.78. The number of hydrogen-bond donors (Lipinski definition) is 2. The predicted octanol–water partition coefficient (Wildman–Crippen LogP) is 1.40. The lowest BCUT2D eigenvalue weighted by Gasteiger charge is -2.13. The Kier molecular flexibility index (Phi) is 2.67. The molecule has 5 heteroatoms. The van der Waals surface area contributed by atoms with E-state index in [4.69, 9.17) is 0 Å². The maximum atomic E-state index is 13.1. The Hall–Kier alpha value is -2.17. The average Bonchev–Trinajstić information content (AvgIpc) is 2.55. The first kappa shape index (κ1) is 11.3. The van der Waals surface area contributed by atoms with Crippen LogP contribution in [-0.2, 0) is 9.59 Å². The molecule has 0 fully saturated rings. The fourth-order valence-corrected chi connectivity index (χ4v) is 1.84. The molecule has 1 aromatic carbocycles. The monoisotopic (exact) mass is 235 g/mol. The molecule has 1 aliphatic heterocycles. The number of benzene rings is 1. The van der Waals surface area contributed by atoms with E-state index in [0.29, 0.717) is 5.56 Å². The van der Waals surface area contributed by atoms with Crippen LogP contribution < -0.4 is 5.32 Å². The molecule has 0 aliphatic carbocycles. The van der Waals surface area contributed by atoms with Gasteiger partial charge in [-0.3, -0.25) is 9.59 Å². The van der Waals surface area contributed by atoms with Crippen molar-refractivity contribution in [3.05, 3.63) is 47.0 Å². The fraction of sp³-hybridized carbons (Fsp3) is 0.167. The number of rotatable bonds is 2. The molecule has 0 spiro atoms. The Balaban J connectivity index is 2.47. The zero-order valence-corrected chi connectivity index (χ0v) is 9.03. The third-order valence-electron chi connectivity index (χ3n) is 2.60. The van der Waals surface area contributed by atoms with Crippen LogP contribution in [0.2, 0.25) is 0 Å². The maximum absolute atomic E-state index is 13.1. The third-order valence-corrected chi connectivity index (χ3v) is 2.60. The van der Waals surface area contributed by atoms with Crippen molar-refractivity contribution in [2.24, 2.45) is 0 Å². The van der Waals surface area contributed by atoms with Crippen LogP contribution in [-0.4, -0.2) is 16.8 Å². The second kappa shape index (κ2) is 4.01. The first-order valence-electron chi connectivity index (χ1n) is 5.01. The predicted molar refractivity (Wildman–Crippen MR) is 57.6 cm³/mol. The van der Waals surface area contributed by atoms with Crippen molar-refractivity contribution in [2.45, 2.75) is 13.0 Å². The molecule has 1 aliphatic rings. The number of halogens is 1. The van der Waals surface area contributed by atoms with Crippen LogP contribution >= 0.6 is 0 Å². The molecular formula is C12H10FNO3. The second-order valence-electron chi connectivity index (χ2n) is 3.78. The number of aliphatic hydroxyl groups is 1. The number of nitrogens with one attached hydrogen (secondary N) is 1. The molecule has 1 amide bonds. The van der Waals surface area contributed by atoms with Crippen LogP contribution in [0.1, 0.15) is 18.5 Å². The summed E-state index contributed by atoms with van der Waals surface area (Å²) in [6.07, 6.45) is 0. The van der Waals surface area contributed by atoms with Crippen molar-refractivity contribution >= 4 is 11.7 Å². The molecule has 17 heavy (non-hydrogen) atoms. The SMILES string of the molecule is CC(=O)C1=C(O)C(=O)N[C@@H]1c1cccc(F)c1. The number of Topliss-reactive ketones (excluding diaryl/α,β-unsaturated/α-hetero) is 1. The van der Waals surface area contributed by atoms with E-state index >= 15 is 0 Å². The quantitative estimate of drug-likeness (QED) is 0.814. The molecule has 0 saturated carbocycles. The molecule has 0 bridgehead atoms. The van der Waals surface area contributed by atoms with Gasteiger partial charge in [0.05, 0.1) is 11.6 Å². The lowest BCUT2D eigenvalue weighted by Crippen LogP contribution is -2.23. The number of carbonyl (C=O) groups is 2. The summed E-state index contributed by atoms with van der Waals surface area (Å²) in [5.74, 6) is -2.20. The molecule has 4 nitrogen and oxygen atoms in total. The largest absolute Gasteiger partial charge is 0.503 e. The first-order chi connectivity index (χ1) is 8.00. The van der Waals surface area contributed by atoms with Gasteiger partial charge in [0, 0.05) is 0 Å². The van der Waals surface area contributed by atoms with Gasteiger partial charge in [-0.25, -0.2) is 4.39 Å². The number of aliphatic hydroxyl groups excluding tert-OH is 1.